The smallest absolute Gasteiger partial charge is 0.184 e. The molecule has 4 N–H and O–H groups in total. The van der Waals surface area contributed by atoms with Gasteiger partial charge in [-0.25, -0.2) is 4.98 Å². The van der Waals surface area contributed by atoms with Gasteiger partial charge in [-0.05, 0) is 12.8 Å². The number of aliphatic hydroxyl groups excluding tert-OH is 1. The van der Waals surface area contributed by atoms with Crippen LogP contribution in [0.5, 0.6) is 0 Å². The highest BCUT2D eigenvalue weighted by molar-refractivity contribution is 7.19. The SMILES string of the molecule is Nc1cnc(NCC2CCCC2O)s1. The zero-order valence-corrected chi connectivity index (χ0v) is 8.76. The number of nitrogens with zero attached hydrogens (tertiary/aromatic N) is 1. The third-order valence-corrected chi connectivity index (χ3v) is 3.44. The molecule has 0 amide bonds. The molecule has 0 spiro atoms. The molecule has 1 aromatic heterocycles. The van der Waals surface area contributed by atoms with E-state index in [-0.39, 0.29) is 6.10 Å². The standard InChI is InChI=1S/C9H15N3OS/c10-8-5-12-9(14-8)11-4-6-2-1-3-7(6)13/h5-7,13H,1-4,10H2,(H,11,12). The van der Waals surface area contributed by atoms with Gasteiger partial charge in [-0.15, -0.1) is 0 Å². The van der Waals surface area contributed by atoms with Crippen molar-refractivity contribution in [2.75, 3.05) is 17.6 Å². The molecule has 0 radical (unpaired) electrons. The fourth-order valence-corrected chi connectivity index (χ4v) is 2.43. The first-order chi connectivity index (χ1) is 6.75. The van der Waals surface area contributed by atoms with Crippen LogP contribution < -0.4 is 11.1 Å². The Hall–Kier alpha value is -0.810. The minimum atomic E-state index is -0.139. The molecule has 1 heterocycles. The van der Waals surface area contributed by atoms with E-state index in [4.69, 9.17) is 5.73 Å². The minimum Gasteiger partial charge on any atom is -0.393 e. The number of hydrogen-bond acceptors (Lipinski definition) is 5. The Labute approximate surface area is 87.2 Å². The maximum absolute atomic E-state index is 9.59. The Morgan fingerprint density at radius 2 is 2.50 bits per heavy atom. The quantitative estimate of drug-likeness (QED) is 0.707. The van der Waals surface area contributed by atoms with Crippen LogP contribution in [0.2, 0.25) is 0 Å². The third-order valence-electron chi connectivity index (χ3n) is 2.66. The van der Waals surface area contributed by atoms with E-state index in [9.17, 15) is 5.11 Å². The molecule has 2 unspecified atom stereocenters. The second kappa shape index (κ2) is 4.14. The molecule has 4 nitrogen and oxygen atoms in total. The molecule has 1 aliphatic carbocycles. The first kappa shape index (κ1) is 9.73. The van der Waals surface area contributed by atoms with Crippen molar-refractivity contribution in [3.05, 3.63) is 6.20 Å². The van der Waals surface area contributed by atoms with Gasteiger partial charge >= 0.3 is 0 Å². The highest BCUT2D eigenvalue weighted by Gasteiger charge is 2.24. The summed E-state index contributed by atoms with van der Waals surface area (Å²) in [6.07, 6.45) is 4.69. The van der Waals surface area contributed by atoms with Crippen LogP contribution in [0.25, 0.3) is 0 Å². The first-order valence-electron chi connectivity index (χ1n) is 4.89. The van der Waals surface area contributed by atoms with Gasteiger partial charge in [0.1, 0.15) is 5.00 Å². The molecule has 78 valence electrons. The zero-order valence-electron chi connectivity index (χ0n) is 7.94. The van der Waals surface area contributed by atoms with Gasteiger partial charge in [0.25, 0.3) is 0 Å². The summed E-state index contributed by atoms with van der Waals surface area (Å²) >= 11 is 1.45. The molecule has 1 aromatic rings. The van der Waals surface area contributed by atoms with Crippen molar-refractivity contribution in [1.82, 2.24) is 4.98 Å². The number of aromatic nitrogens is 1. The number of rotatable bonds is 3. The van der Waals surface area contributed by atoms with E-state index >= 15 is 0 Å². The maximum Gasteiger partial charge on any atom is 0.184 e. The number of thiazole rings is 1. The third kappa shape index (κ3) is 2.16. The molecular formula is C9H15N3OS. The summed E-state index contributed by atoms with van der Waals surface area (Å²) in [6.45, 7) is 0.800. The largest absolute Gasteiger partial charge is 0.393 e. The van der Waals surface area contributed by atoms with Gasteiger partial charge in [-0.1, -0.05) is 17.8 Å². The normalized spacial score (nSPS) is 26.6. The highest BCUT2D eigenvalue weighted by Crippen LogP contribution is 2.27. The molecule has 0 aromatic carbocycles. The second-order valence-corrected chi connectivity index (χ2v) is 4.77. The van der Waals surface area contributed by atoms with Gasteiger partial charge in [0, 0.05) is 12.5 Å². The monoisotopic (exact) mass is 213 g/mol. The van der Waals surface area contributed by atoms with E-state index in [1.54, 1.807) is 6.20 Å². The molecule has 1 fully saturated rings. The van der Waals surface area contributed by atoms with E-state index in [0.717, 1.165) is 35.9 Å². The fraction of sp³-hybridized carbons (Fsp3) is 0.667. The summed E-state index contributed by atoms with van der Waals surface area (Å²) < 4.78 is 0. The lowest BCUT2D eigenvalue weighted by Crippen LogP contribution is -2.21. The molecule has 2 rings (SSSR count). The van der Waals surface area contributed by atoms with Crippen LogP contribution in [0.1, 0.15) is 19.3 Å². The minimum absolute atomic E-state index is 0.139. The predicted octanol–water partition coefficient (Wildman–Crippen LogP) is 1.30. The molecule has 0 saturated heterocycles. The molecule has 0 aliphatic heterocycles. The van der Waals surface area contributed by atoms with Crippen molar-refractivity contribution >= 4 is 21.5 Å². The van der Waals surface area contributed by atoms with Gasteiger partial charge in [0.2, 0.25) is 0 Å². The van der Waals surface area contributed by atoms with Crippen LogP contribution in [0.4, 0.5) is 10.1 Å². The Kier molecular flexibility index (Phi) is 2.88. The van der Waals surface area contributed by atoms with E-state index in [2.05, 4.69) is 10.3 Å². The van der Waals surface area contributed by atoms with Gasteiger partial charge in [-0.3, -0.25) is 0 Å². The van der Waals surface area contributed by atoms with Crippen molar-refractivity contribution in [2.45, 2.75) is 25.4 Å². The molecular weight excluding hydrogens is 198 g/mol. The van der Waals surface area contributed by atoms with Gasteiger partial charge in [0.15, 0.2) is 5.13 Å². The molecule has 5 heteroatoms. The number of anilines is 2. The van der Waals surface area contributed by atoms with Crippen LogP contribution in [0.15, 0.2) is 6.20 Å². The molecule has 0 bridgehead atoms. The van der Waals surface area contributed by atoms with E-state index in [0.29, 0.717) is 5.92 Å². The van der Waals surface area contributed by atoms with E-state index in [1.165, 1.54) is 11.3 Å². The van der Waals surface area contributed by atoms with Crippen LogP contribution in [0, 0.1) is 5.92 Å². The number of nitrogens with two attached hydrogens (primary N) is 1. The Bertz CT molecular complexity index is 302. The lowest BCUT2D eigenvalue weighted by molar-refractivity contribution is 0.138. The van der Waals surface area contributed by atoms with Crippen LogP contribution in [-0.2, 0) is 0 Å². The lowest BCUT2D eigenvalue weighted by Gasteiger charge is -2.14. The highest BCUT2D eigenvalue weighted by atomic mass is 32.1. The topological polar surface area (TPSA) is 71.2 Å². The summed E-state index contributed by atoms with van der Waals surface area (Å²) in [7, 11) is 0. The number of nitrogens with one attached hydrogen (secondary N) is 1. The second-order valence-electron chi connectivity index (χ2n) is 3.71. The Morgan fingerprint density at radius 1 is 1.64 bits per heavy atom. The van der Waals surface area contributed by atoms with Crippen LogP contribution in [-0.4, -0.2) is 22.7 Å². The van der Waals surface area contributed by atoms with E-state index in [1.807, 2.05) is 0 Å². The average molecular weight is 213 g/mol. The van der Waals surface area contributed by atoms with Crippen molar-refractivity contribution in [1.29, 1.82) is 0 Å². The van der Waals surface area contributed by atoms with Gasteiger partial charge in [-0.2, -0.15) is 0 Å². The summed E-state index contributed by atoms with van der Waals surface area (Å²) in [5.74, 6) is 0.375. The van der Waals surface area contributed by atoms with Gasteiger partial charge in [0.05, 0.1) is 12.3 Å². The number of aliphatic hydroxyl groups is 1. The summed E-state index contributed by atoms with van der Waals surface area (Å²) in [5.41, 5.74) is 5.56. The zero-order chi connectivity index (χ0) is 9.97. The summed E-state index contributed by atoms with van der Waals surface area (Å²) in [5, 5.41) is 14.4. The van der Waals surface area contributed by atoms with Crippen LogP contribution >= 0.6 is 11.3 Å². The summed E-state index contributed by atoms with van der Waals surface area (Å²) in [6, 6.07) is 0. The van der Waals surface area contributed by atoms with Gasteiger partial charge < -0.3 is 16.2 Å². The molecule has 2 atom stereocenters. The molecule has 14 heavy (non-hydrogen) atoms. The first-order valence-corrected chi connectivity index (χ1v) is 5.70. The van der Waals surface area contributed by atoms with E-state index < -0.39 is 0 Å². The molecule has 1 aliphatic rings. The van der Waals surface area contributed by atoms with Crippen molar-refractivity contribution in [3.63, 3.8) is 0 Å². The fourth-order valence-electron chi connectivity index (χ4n) is 1.84. The van der Waals surface area contributed by atoms with Crippen molar-refractivity contribution in [2.24, 2.45) is 5.92 Å². The number of nitrogen functional groups attached to an aromatic ring is 1. The van der Waals surface area contributed by atoms with Crippen LogP contribution in [0.3, 0.4) is 0 Å². The number of hydrogen-bond donors (Lipinski definition) is 3. The van der Waals surface area contributed by atoms with Crippen molar-refractivity contribution < 1.29 is 5.11 Å². The average Bonchev–Trinajstić information content (AvgIpc) is 2.72. The Balaban J connectivity index is 1.82. The molecule has 1 saturated carbocycles. The maximum atomic E-state index is 9.59. The Morgan fingerprint density at radius 3 is 3.07 bits per heavy atom. The predicted molar refractivity (Wildman–Crippen MR) is 58.4 cm³/mol. The lowest BCUT2D eigenvalue weighted by atomic mass is 10.1. The van der Waals surface area contributed by atoms with Crippen molar-refractivity contribution in [3.8, 4) is 0 Å². The summed E-state index contributed by atoms with van der Waals surface area (Å²) in [4.78, 5) is 4.10.